The monoisotopic (exact) mass is 634 g/mol. The van der Waals surface area contributed by atoms with Crippen molar-refractivity contribution >= 4 is 0 Å². The van der Waals surface area contributed by atoms with Crippen LogP contribution >= 0.6 is 0 Å². The van der Waals surface area contributed by atoms with Crippen molar-refractivity contribution in [2.75, 3.05) is 0 Å². The second kappa shape index (κ2) is 9.31. The highest BCUT2D eigenvalue weighted by Crippen LogP contribution is 2.57. The smallest absolute Gasteiger partial charge is 0.246 e. The van der Waals surface area contributed by atoms with Crippen LogP contribution in [0.3, 0.4) is 0 Å². The first-order valence-electron chi connectivity index (χ1n) is 16.4. The van der Waals surface area contributed by atoms with Gasteiger partial charge in [0.25, 0.3) is 0 Å². The molecule has 2 aromatic heterocycles. The maximum absolute atomic E-state index is 15.0. The molecule has 3 aliphatic rings. The largest absolute Gasteiger partial charge is 0.402 e. The van der Waals surface area contributed by atoms with Crippen LogP contribution in [0.1, 0.15) is 68.0 Å². The van der Waals surface area contributed by atoms with Crippen molar-refractivity contribution in [1.82, 2.24) is 9.97 Å². The van der Waals surface area contributed by atoms with Gasteiger partial charge in [-0.15, -0.1) is 0 Å². The van der Waals surface area contributed by atoms with E-state index in [1.54, 1.807) is 24.3 Å². The Kier molecular flexibility index (Phi) is 5.65. The van der Waals surface area contributed by atoms with Crippen LogP contribution in [0.5, 0.6) is 0 Å². The number of pyridine rings is 2. The predicted molar refractivity (Wildman–Crippen MR) is 186 cm³/mol. The minimum atomic E-state index is -4.54. The first-order valence-corrected chi connectivity index (χ1v) is 16.4. The Hall–Kier alpha value is -5.03. The summed E-state index contributed by atoms with van der Waals surface area (Å²) < 4.78 is 45.1. The first-order chi connectivity index (χ1) is 22.8. The number of hydrogen-bond donors (Lipinski definition) is 0. The van der Waals surface area contributed by atoms with Crippen LogP contribution in [0, 0.1) is 0 Å². The van der Waals surface area contributed by atoms with Crippen LogP contribution in [0.2, 0.25) is 0 Å². The molecule has 0 radical (unpaired) electrons. The summed E-state index contributed by atoms with van der Waals surface area (Å²) in [6, 6.07) is 36.1. The Bertz CT molecular complexity index is 2210. The van der Waals surface area contributed by atoms with E-state index in [4.69, 9.17) is 9.97 Å². The number of benzene rings is 4. The van der Waals surface area contributed by atoms with Gasteiger partial charge in [0.1, 0.15) is 5.41 Å². The molecule has 0 N–H and O–H groups in total. The van der Waals surface area contributed by atoms with Crippen molar-refractivity contribution < 1.29 is 13.2 Å². The minimum absolute atomic E-state index is 0.137. The molecular formula is C43H33F3N2. The van der Waals surface area contributed by atoms with Crippen LogP contribution in [-0.4, -0.2) is 16.1 Å². The molecule has 6 aromatic rings. The van der Waals surface area contributed by atoms with Crippen LogP contribution in [0.25, 0.3) is 56.2 Å². The minimum Gasteiger partial charge on any atom is -0.246 e. The average Bonchev–Trinajstić information content (AvgIpc) is 3.58. The molecule has 2 heterocycles. The van der Waals surface area contributed by atoms with Crippen molar-refractivity contribution in [3.63, 3.8) is 0 Å². The zero-order valence-electron chi connectivity index (χ0n) is 27.4. The molecule has 9 rings (SSSR count). The fourth-order valence-corrected chi connectivity index (χ4v) is 8.59. The van der Waals surface area contributed by atoms with E-state index in [9.17, 15) is 0 Å². The SMILES string of the molecule is CC1(C)c2ccccc2-c2ccc(-c3ccc4c(n3)-c3nc(-c5ccc6c(c5)C(C)(C)c5ccccc5-6)ccc3C4(C)C(F)(F)F)cc21. The van der Waals surface area contributed by atoms with Gasteiger partial charge >= 0.3 is 6.18 Å². The van der Waals surface area contributed by atoms with Gasteiger partial charge in [-0.2, -0.15) is 13.2 Å². The van der Waals surface area contributed by atoms with Gasteiger partial charge in [-0.1, -0.05) is 113 Å². The quantitative estimate of drug-likeness (QED) is 0.189. The number of alkyl halides is 3. The van der Waals surface area contributed by atoms with Crippen molar-refractivity contribution in [1.29, 1.82) is 0 Å². The van der Waals surface area contributed by atoms with Gasteiger partial charge in [-0.25, -0.2) is 9.97 Å². The van der Waals surface area contributed by atoms with Gasteiger partial charge in [0.15, 0.2) is 0 Å². The molecule has 236 valence electrons. The Morgan fingerprint density at radius 2 is 0.833 bits per heavy atom. The second-order valence-corrected chi connectivity index (χ2v) is 14.7. The molecule has 3 aliphatic carbocycles. The maximum atomic E-state index is 15.0. The number of hydrogen-bond acceptors (Lipinski definition) is 2. The molecule has 0 amide bonds. The first kappa shape index (κ1) is 29.1. The lowest BCUT2D eigenvalue weighted by molar-refractivity contribution is -0.172. The highest BCUT2D eigenvalue weighted by molar-refractivity contribution is 5.86. The van der Waals surface area contributed by atoms with E-state index < -0.39 is 11.6 Å². The molecule has 0 saturated heterocycles. The topological polar surface area (TPSA) is 25.8 Å². The Balaban J connectivity index is 1.18. The predicted octanol–water partition coefficient (Wildman–Crippen LogP) is 11.3. The lowest BCUT2D eigenvalue weighted by Gasteiger charge is -2.29. The molecule has 5 heteroatoms. The summed E-state index contributed by atoms with van der Waals surface area (Å²) in [6.07, 6.45) is -4.54. The third-order valence-corrected chi connectivity index (χ3v) is 11.4. The summed E-state index contributed by atoms with van der Waals surface area (Å²) in [4.78, 5) is 9.95. The van der Waals surface area contributed by atoms with Crippen LogP contribution in [0.15, 0.2) is 109 Å². The number of fused-ring (bicyclic) bond motifs is 9. The molecule has 2 nitrogen and oxygen atoms in total. The van der Waals surface area contributed by atoms with Crippen molar-refractivity contribution in [2.45, 2.75) is 57.0 Å². The maximum Gasteiger partial charge on any atom is 0.402 e. The summed E-state index contributed by atoms with van der Waals surface area (Å²) in [6.45, 7) is 10.1. The Labute approximate surface area is 278 Å². The number of nitrogens with zero attached hydrogens (tertiary/aromatic N) is 2. The zero-order valence-corrected chi connectivity index (χ0v) is 27.4. The summed E-state index contributed by atoms with van der Waals surface area (Å²) in [7, 11) is 0. The fraction of sp³-hybridized carbons (Fsp3) is 0.209. The van der Waals surface area contributed by atoms with Crippen molar-refractivity contribution in [3.05, 3.63) is 143 Å². The van der Waals surface area contributed by atoms with Crippen LogP contribution < -0.4 is 0 Å². The summed E-state index contributed by atoms with van der Waals surface area (Å²) in [5.74, 6) is 0. The zero-order chi connectivity index (χ0) is 33.4. The molecular weight excluding hydrogens is 601 g/mol. The van der Waals surface area contributed by atoms with E-state index >= 15 is 13.2 Å². The summed E-state index contributed by atoms with van der Waals surface area (Å²) >= 11 is 0. The molecule has 0 bridgehead atoms. The third kappa shape index (κ3) is 3.65. The fourth-order valence-electron chi connectivity index (χ4n) is 8.59. The summed E-state index contributed by atoms with van der Waals surface area (Å²) in [5, 5.41) is 0. The standard InChI is InChI=1S/C43H33F3N2/c1-40(2)30-12-8-6-10-26(30)28-16-14-24(22-34(28)40)36-20-18-32-38(47-36)39-33(42(32,5)43(44,45)46)19-21-37(48-39)25-15-17-29-27-11-7-9-13-31(27)41(3,4)35(29)23-25/h6-23H,1-5H3. The van der Waals surface area contributed by atoms with E-state index in [0.717, 1.165) is 11.1 Å². The third-order valence-electron chi connectivity index (χ3n) is 11.4. The van der Waals surface area contributed by atoms with E-state index in [0.29, 0.717) is 22.8 Å². The van der Waals surface area contributed by atoms with Gasteiger partial charge in [0.05, 0.1) is 22.8 Å². The van der Waals surface area contributed by atoms with Crippen molar-refractivity contribution in [2.24, 2.45) is 0 Å². The van der Waals surface area contributed by atoms with E-state index in [-0.39, 0.29) is 22.0 Å². The van der Waals surface area contributed by atoms with E-state index in [1.165, 1.54) is 51.4 Å². The lowest BCUT2D eigenvalue weighted by Crippen LogP contribution is -2.38. The summed E-state index contributed by atoms with van der Waals surface area (Å²) in [5.41, 5.74) is 10.9. The molecule has 0 spiro atoms. The number of rotatable bonds is 2. The van der Waals surface area contributed by atoms with E-state index in [2.05, 4.69) is 100 Å². The average molecular weight is 635 g/mol. The van der Waals surface area contributed by atoms with Crippen LogP contribution in [-0.2, 0) is 16.2 Å². The molecule has 4 aromatic carbocycles. The second-order valence-electron chi connectivity index (χ2n) is 14.7. The van der Waals surface area contributed by atoms with Gasteiger partial charge < -0.3 is 0 Å². The Morgan fingerprint density at radius 3 is 1.25 bits per heavy atom. The van der Waals surface area contributed by atoms with Gasteiger partial charge in [-0.05, 0) is 86.8 Å². The molecule has 0 aliphatic heterocycles. The lowest BCUT2D eigenvalue weighted by atomic mass is 9.79. The van der Waals surface area contributed by atoms with Crippen LogP contribution in [0.4, 0.5) is 13.2 Å². The number of halogens is 3. The molecule has 0 atom stereocenters. The molecule has 0 fully saturated rings. The molecule has 48 heavy (non-hydrogen) atoms. The normalized spacial score (nSPS) is 16.8. The molecule has 0 saturated carbocycles. The highest BCUT2D eigenvalue weighted by atomic mass is 19.4. The number of aromatic nitrogens is 2. The van der Waals surface area contributed by atoms with Gasteiger partial charge in [0, 0.05) is 22.0 Å². The highest BCUT2D eigenvalue weighted by Gasteiger charge is 2.59. The van der Waals surface area contributed by atoms with Gasteiger partial charge in [-0.3, -0.25) is 0 Å². The van der Waals surface area contributed by atoms with Gasteiger partial charge in [0.2, 0.25) is 0 Å². The van der Waals surface area contributed by atoms with E-state index in [1.807, 2.05) is 12.1 Å². The Morgan fingerprint density at radius 1 is 0.438 bits per heavy atom. The molecule has 0 unspecified atom stereocenters. The van der Waals surface area contributed by atoms with Crippen molar-refractivity contribution in [3.8, 4) is 56.2 Å².